The van der Waals surface area contributed by atoms with Crippen LogP contribution in [0.1, 0.15) is 44.5 Å². The number of fused-ring (bicyclic) bond motifs is 24. The summed E-state index contributed by atoms with van der Waals surface area (Å²) >= 11 is 1.89. The van der Waals surface area contributed by atoms with Crippen molar-refractivity contribution in [3.8, 4) is 44.9 Å². The first-order valence-corrected chi connectivity index (χ1v) is 27.5. The van der Waals surface area contributed by atoms with Crippen LogP contribution in [0, 0.1) is 0 Å². The number of ether oxygens (including phenoxy) is 1. The van der Waals surface area contributed by atoms with Gasteiger partial charge in [0, 0.05) is 38.0 Å². The van der Waals surface area contributed by atoms with Crippen LogP contribution in [0.15, 0.2) is 283 Å². The third-order valence-electron chi connectivity index (χ3n) is 17.4. The van der Waals surface area contributed by atoms with Gasteiger partial charge in [0.05, 0.1) is 10.8 Å². The van der Waals surface area contributed by atoms with Crippen molar-refractivity contribution in [2.45, 2.75) is 20.6 Å². The standard InChI is InChI=1S/C74H45NOS/c1-2-19-53-51(17-1)52-18-3-4-20-54(52)58-43-47(35-40-55(53)58)46-33-36-48(37-34-46)75(49-38-41-63-59(44-49)56-21-5-7-23-61(56)73(63)65-25-9-13-29-69(65)76-70-30-14-10-26-66(70)73)50-39-42-64-60(45-50)57-22-6-8-24-62(57)74(64)67-27-11-15-31-71(67)77-72-32-16-12-28-68(72)74/h1-45H. The van der Waals surface area contributed by atoms with Crippen molar-refractivity contribution >= 4 is 61.1 Å². The van der Waals surface area contributed by atoms with Crippen molar-refractivity contribution in [2.75, 3.05) is 4.90 Å². The van der Waals surface area contributed by atoms with Gasteiger partial charge in [-0.1, -0.05) is 218 Å². The summed E-state index contributed by atoms with van der Waals surface area (Å²) in [6, 6.07) is 102. The number of hydrogen-bond acceptors (Lipinski definition) is 3. The van der Waals surface area contributed by atoms with E-state index in [-0.39, 0.29) is 0 Å². The largest absolute Gasteiger partial charge is 0.457 e. The van der Waals surface area contributed by atoms with Crippen LogP contribution in [0.4, 0.5) is 17.1 Å². The molecule has 358 valence electrons. The second-order valence-corrected chi connectivity index (χ2v) is 22.1. The van der Waals surface area contributed by atoms with Crippen molar-refractivity contribution in [3.05, 3.63) is 317 Å². The van der Waals surface area contributed by atoms with Crippen LogP contribution in [0.3, 0.4) is 0 Å². The molecule has 0 bridgehead atoms. The Morgan fingerprint density at radius 1 is 0.260 bits per heavy atom. The molecule has 0 N–H and O–H groups in total. The predicted molar refractivity (Wildman–Crippen MR) is 318 cm³/mol. The van der Waals surface area contributed by atoms with E-state index in [1.54, 1.807) is 0 Å². The van der Waals surface area contributed by atoms with E-state index in [9.17, 15) is 0 Å². The van der Waals surface area contributed by atoms with Crippen LogP contribution < -0.4 is 9.64 Å². The predicted octanol–water partition coefficient (Wildman–Crippen LogP) is 19.6. The van der Waals surface area contributed by atoms with Gasteiger partial charge in [0.25, 0.3) is 0 Å². The summed E-state index contributed by atoms with van der Waals surface area (Å²) in [5, 5.41) is 7.68. The highest BCUT2D eigenvalue weighted by Crippen LogP contribution is 2.65. The number of benzene rings is 13. The summed E-state index contributed by atoms with van der Waals surface area (Å²) < 4.78 is 6.70. The summed E-state index contributed by atoms with van der Waals surface area (Å²) in [7, 11) is 0. The van der Waals surface area contributed by atoms with Crippen molar-refractivity contribution < 1.29 is 4.74 Å². The molecule has 77 heavy (non-hydrogen) atoms. The molecule has 0 atom stereocenters. The van der Waals surface area contributed by atoms with Crippen molar-refractivity contribution in [1.29, 1.82) is 0 Å². The lowest BCUT2D eigenvalue weighted by Gasteiger charge is -2.39. The molecule has 3 heteroatoms. The van der Waals surface area contributed by atoms with Gasteiger partial charge in [-0.2, -0.15) is 0 Å². The maximum absolute atomic E-state index is 6.70. The number of anilines is 3. The number of para-hydroxylation sites is 2. The minimum atomic E-state index is -0.559. The molecule has 0 saturated heterocycles. The molecule has 2 heterocycles. The quantitative estimate of drug-likeness (QED) is 0.163. The average molecular weight is 996 g/mol. The Labute approximate surface area is 451 Å². The van der Waals surface area contributed by atoms with Crippen molar-refractivity contribution in [2.24, 2.45) is 0 Å². The van der Waals surface area contributed by atoms with Gasteiger partial charge >= 0.3 is 0 Å². The van der Waals surface area contributed by atoms with E-state index in [0.717, 1.165) is 39.7 Å². The van der Waals surface area contributed by atoms with E-state index in [2.05, 4.69) is 278 Å². The monoisotopic (exact) mass is 995 g/mol. The molecule has 0 aromatic heterocycles. The van der Waals surface area contributed by atoms with Gasteiger partial charge in [-0.05, 0) is 166 Å². The fraction of sp³-hybridized carbons (Fsp3) is 0.0270. The lowest BCUT2D eigenvalue weighted by atomic mass is 9.66. The van der Waals surface area contributed by atoms with E-state index in [4.69, 9.17) is 4.74 Å². The zero-order chi connectivity index (χ0) is 50.4. The summed E-state index contributed by atoms with van der Waals surface area (Å²) in [6.45, 7) is 0. The Kier molecular flexibility index (Phi) is 8.94. The second kappa shape index (κ2) is 16.1. The SMILES string of the molecule is c1ccc2c(c1)Oc1ccccc1C21c2ccccc2-c2cc(N(c3ccc(-c4ccc5c6ccccc6c6ccccc6c5c4)cc3)c3ccc4c(c3)-c3ccccc3C43c4ccccc4Sc4ccccc43)ccc21. The molecule has 2 nitrogen and oxygen atoms in total. The first-order valence-electron chi connectivity index (χ1n) is 26.6. The highest BCUT2D eigenvalue weighted by Gasteiger charge is 2.52. The summed E-state index contributed by atoms with van der Waals surface area (Å²) in [5.74, 6) is 1.79. The Bertz CT molecular complexity index is 4340. The molecular weight excluding hydrogens is 951 g/mol. The summed E-state index contributed by atoms with van der Waals surface area (Å²) in [5.41, 5.74) is 19.8. The minimum Gasteiger partial charge on any atom is -0.457 e. The molecule has 2 aliphatic carbocycles. The molecule has 2 spiro atoms. The van der Waals surface area contributed by atoms with E-state index in [1.807, 2.05) is 11.8 Å². The molecule has 0 fully saturated rings. The fourth-order valence-electron chi connectivity index (χ4n) is 14.3. The molecular formula is C74H45NOS. The number of rotatable bonds is 4. The third kappa shape index (κ3) is 5.76. The van der Waals surface area contributed by atoms with E-state index >= 15 is 0 Å². The van der Waals surface area contributed by atoms with Crippen LogP contribution in [0.5, 0.6) is 11.5 Å². The Morgan fingerprint density at radius 3 is 1.17 bits per heavy atom. The zero-order valence-corrected chi connectivity index (χ0v) is 42.6. The second-order valence-electron chi connectivity index (χ2n) is 21.0. The number of hydrogen-bond donors (Lipinski definition) is 0. The lowest BCUT2D eigenvalue weighted by Crippen LogP contribution is -2.32. The van der Waals surface area contributed by atoms with Gasteiger partial charge in [0.1, 0.15) is 11.5 Å². The van der Waals surface area contributed by atoms with Crippen molar-refractivity contribution in [1.82, 2.24) is 0 Å². The molecule has 0 amide bonds. The Balaban J connectivity index is 0.879. The van der Waals surface area contributed by atoms with Gasteiger partial charge in [-0.15, -0.1) is 0 Å². The molecule has 0 unspecified atom stereocenters. The first-order chi connectivity index (χ1) is 38.2. The van der Waals surface area contributed by atoms with Gasteiger partial charge < -0.3 is 9.64 Å². The van der Waals surface area contributed by atoms with Crippen LogP contribution in [-0.2, 0) is 10.8 Å². The van der Waals surface area contributed by atoms with Crippen molar-refractivity contribution in [3.63, 3.8) is 0 Å². The zero-order valence-electron chi connectivity index (χ0n) is 41.7. The number of nitrogens with zero attached hydrogens (tertiary/aromatic N) is 1. The first kappa shape index (κ1) is 42.9. The molecule has 13 aromatic carbocycles. The summed E-state index contributed by atoms with van der Waals surface area (Å²) in [4.78, 5) is 5.09. The molecule has 2 aliphatic heterocycles. The molecule has 17 rings (SSSR count). The normalized spacial score (nSPS) is 14.2. The maximum atomic E-state index is 6.70. The van der Waals surface area contributed by atoms with Gasteiger partial charge in [-0.25, -0.2) is 0 Å². The van der Waals surface area contributed by atoms with Crippen LogP contribution in [0.25, 0.3) is 65.7 Å². The topological polar surface area (TPSA) is 12.5 Å². The average Bonchev–Trinajstić information content (AvgIpc) is 4.06. The molecule has 0 saturated carbocycles. The van der Waals surface area contributed by atoms with E-state index in [1.165, 1.54) is 109 Å². The molecule has 13 aromatic rings. The molecule has 4 aliphatic rings. The van der Waals surface area contributed by atoms with Crippen LogP contribution in [0.2, 0.25) is 0 Å². The Morgan fingerprint density at radius 2 is 0.636 bits per heavy atom. The highest BCUT2D eigenvalue weighted by molar-refractivity contribution is 7.99. The fourth-order valence-corrected chi connectivity index (χ4v) is 15.5. The Hall–Kier alpha value is -9.41. The summed E-state index contributed by atoms with van der Waals surface area (Å²) in [6.07, 6.45) is 0. The van der Waals surface area contributed by atoms with Crippen LogP contribution >= 0.6 is 11.8 Å². The highest BCUT2D eigenvalue weighted by atomic mass is 32.2. The minimum absolute atomic E-state index is 0.464. The smallest absolute Gasteiger partial charge is 0.132 e. The van der Waals surface area contributed by atoms with Crippen LogP contribution in [-0.4, -0.2) is 0 Å². The van der Waals surface area contributed by atoms with E-state index in [0.29, 0.717) is 0 Å². The van der Waals surface area contributed by atoms with Gasteiger partial charge in [-0.3, -0.25) is 0 Å². The van der Waals surface area contributed by atoms with Gasteiger partial charge in [0.15, 0.2) is 0 Å². The third-order valence-corrected chi connectivity index (χ3v) is 18.5. The lowest BCUT2D eigenvalue weighted by molar-refractivity contribution is 0.436. The molecule has 0 radical (unpaired) electrons. The maximum Gasteiger partial charge on any atom is 0.132 e. The van der Waals surface area contributed by atoms with E-state index < -0.39 is 10.8 Å². The van der Waals surface area contributed by atoms with Gasteiger partial charge in [0.2, 0.25) is 0 Å².